The van der Waals surface area contributed by atoms with Crippen molar-refractivity contribution in [1.29, 1.82) is 0 Å². The van der Waals surface area contributed by atoms with E-state index in [-0.39, 0.29) is 6.10 Å². The quantitative estimate of drug-likeness (QED) is 0.909. The van der Waals surface area contributed by atoms with Crippen molar-refractivity contribution in [2.24, 2.45) is 5.92 Å². The van der Waals surface area contributed by atoms with E-state index in [1.165, 1.54) is 28.7 Å². The molecule has 2 aromatic rings. The highest BCUT2D eigenvalue weighted by Crippen LogP contribution is 2.39. The zero-order chi connectivity index (χ0) is 14.1. The first-order chi connectivity index (χ1) is 9.65. The Labute approximate surface area is 123 Å². The lowest BCUT2D eigenvalue weighted by Gasteiger charge is -2.18. The van der Waals surface area contributed by atoms with Crippen LogP contribution in [0, 0.1) is 5.92 Å². The molecule has 2 heterocycles. The van der Waals surface area contributed by atoms with E-state index >= 15 is 0 Å². The molecule has 2 N–H and O–H groups in total. The SMILES string of the molecule is C[C@H]1CCc2c(sc3ncnc(NCC[C@H](C)O)c23)C1. The Morgan fingerprint density at radius 3 is 3.15 bits per heavy atom. The van der Waals surface area contributed by atoms with E-state index in [4.69, 9.17) is 0 Å². The largest absolute Gasteiger partial charge is 0.393 e. The maximum Gasteiger partial charge on any atom is 0.138 e. The van der Waals surface area contributed by atoms with Crippen molar-refractivity contribution < 1.29 is 5.11 Å². The van der Waals surface area contributed by atoms with Crippen molar-refractivity contribution in [3.05, 3.63) is 16.8 Å². The van der Waals surface area contributed by atoms with Crippen molar-refractivity contribution in [3.8, 4) is 0 Å². The van der Waals surface area contributed by atoms with Gasteiger partial charge in [-0.15, -0.1) is 11.3 Å². The van der Waals surface area contributed by atoms with Crippen LogP contribution in [0.4, 0.5) is 5.82 Å². The molecule has 0 saturated carbocycles. The van der Waals surface area contributed by atoms with E-state index in [9.17, 15) is 5.11 Å². The second-order valence-corrected chi connectivity index (χ2v) is 6.90. The van der Waals surface area contributed by atoms with E-state index in [2.05, 4.69) is 22.2 Å². The lowest BCUT2D eigenvalue weighted by molar-refractivity contribution is 0.188. The molecule has 20 heavy (non-hydrogen) atoms. The molecule has 0 aliphatic heterocycles. The number of nitrogens with zero attached hydrogens (tertiary/aromatic N) is 2. The summed E-state index contributed by atoms with van der Waals surface area (Å²) in [4.78, 5) is 11.4. The number of thiophene rings is 1. The normalized spacial score (nSPS) is 19.9. The van der Waals surface area contributed by atoms with E-state index in [0.29, 0.717) is 0 Å². The minimum atomic E-state index is -0.280. The topological polar surface area (TPSA) is 58.0 Å². The number of anilines is 1. The van der Waals surface area contributed by atoms with Gasteiger partial charge >= 0.3 is 0 Å². The number of rotatable bonds is 4. The molecule has 0 amide bonds. The van der Waals surface area contributed by atoms with E-state index in [1.54, 1.807) is 6.33 Å². The zero-order valence-corrected chi connectivity index (χ0v) is 12.8. The fourth-order valence-corrected chi connectivity index (χ4v) is 4.16. The third-order valence-electron chi connectivity index (χ3n) is 3.95. The first-order valence-corrected chi connectivity index (χ1v) is 8.14. The number of aryl methyl sites for hydroxylation is 1. The first kappa shape index (κ1) is 13.8. The average molecular weight is 291 g/mol. The Bertz CT molecular complexity index is 608. The Balaban J connectivity index is 1.92. The summed E-state index contributed by atoms with van der Waals surface area (Å²) in [6.07, 6.45) is 5.64. The van der Waals surface area contributed by atoms with Gasteiger partial charge in [0.15, 0.2) is 0 Å². The van der Waals surface area contributed by atoms with Crippen LogP contribution in [-0.4, -0.2) is 27.7 Å². The molecule has 2 aromatic heterocycles. The van der Waals surface area contributed by atoms with Crippen molar-refractivity contribution >= 4 is 27.4 Å². The average Bonchev–Trinajstić information content (AvgIpc) is 2.76. The molecule has 0 unspecified atom stereocenters. The van der Waals surface area contributed by atoms with Gasteiger partial charge in [-0.3, -0.25) is 0 Å². The van der Waals surface area contributed by atoms with Crippen LogP contribution >= 0.6 is 11.3 Å². The second-order valence-electron chi connectivity index (χ2n) is 5.82. The highest BCUT2D eigenvalue weighted by Gasteiger charge is 2.22. The standard InChI is InChI=1S/C15H21N3OS/c1-9-3-4-11-12(7-9)20-15-13(11)14(17-8-18-15)16-6-5-10(2)19/h8-10,19H,3-7H2,1-2H3,(H,16,17,18)/t9-,10-/m0/s1. The summed E-state index contributed by atoms with van der Waals surface area (Å²) >= 11 is 1.82. The number of aromatic nitrogens is 2. The molecule has 0 aromatic carbocycles. The zero-order valence-electron chi connectivity index (χ0n) is 12.0. The summed E-state index contributed by atoms with van der Waals surface area (Å²) in [6.45, 7) is 4.87. The number of aliphatic hydroxyl groups is 1. The number of aliphatic hydroxyl groups excluding tert-OH is 1. The molecule has 108 valence electrons. The van der Waals surface area contributed by atoms with Crippen LogP contribution in [-0.2, 0) is 12.8 Å². The van der Waals surface area contributed by atoms with Crippen molar-refractivity contribution in [2.75, 3.05) is 11.9 Å². The summed E-state index contributed by atoms with van der Waals surface area (Å²) in [5.41, 5.74) is 1.45. The monoisotopic (exact) mass is 291 g/mol. The number of fused-ring (bicyclic) bond motifs is 3. The maximum absolute atomic E-state index is 9.35. The fraction of sp³-hybridized carbons (Fsp3) is 0.600. The van der Waals surface area contributed by atoms with Gasteiger partial charge in [-0.2, -0.15) is 0 Å². The number of nitrogens with one attached hydrogen (secondary N) is 1. The summed E-state index contributed by atoms with van der Waals surface area (Å²) in [6, 6.07) is 0. The van der Waals surface area contributed by atoms with Gasteiger partial charge in [-0.05, 0) is 44.1 Å². The van der Waals surface area contributed by atoms with Crippen molar-refractivity contribution in [2.45, 2.75) is 45.6 Å². The molecule has 0 saturated heterocycles. The Kier molecular flexibility index (Phi) is 3.89. The van der Waals surface area contributed by atoms with Gasteiger partial charge in [0, 0.05) is 11.4 Å². The Morgan fingerprint density at radius 1 is 1.50 bits per heavy atom. The summed E-state index contributed by atoms with van der Waals surface area (Å²) < 4.78 is 0. The van der Waals surface area contributed by atoms with Crippen LogP contribution in [0.3, 0.4) is 0 Å². The Hall–Kier alpha value is -1.20. The lowest BCUT2D eigenvalue weighted by atomic mass is 9.89. The van der Waals surface area contributed by atoms with Gasteiger partial charge in [0.2, 0.25) is 0 Å². The highest BCUT2D eigenvalue weighted by atomic mass is 32.1. The first-order valence-electron chi connectivity index (χ1n) is 7.32. The molecule has 0 fully saturated rings. The predicted molar refractivity (Wildman–Crippen MR) is 83.4 cm³/mol. The minimum absolute atomic E-state index is 0.280. The summed E-state index contributed by atoms with van der Waals surface area (Å²) in [5.74, 6) is 1.71. The van der Waals surface area contributed by atoms with Crippen molar-refractivity contribution in [3.63, 3.8) is 0 Å². The predicted octanol–water partition coefficient (Wildman–Crippen LogP) is 3.00. The van der Waals surface area contributed by atoms with E-state index in [0.717, 1.165) is 36.0 Å². The molecule has 2 atom stereocenters. The molecule has 3 rings (SSSR count). The molecule has 5 heteroatoms. The minimum Gasteiger partial charge on any atom is -0.393 e. The molecule has 0 spiro atoms. The second kappa shape index (κ2) is 5.66. The smallest absolute Gasteiger partial charge is 0.138 e. The molecule has 4 nitrogen and oxygen atoms in total. The molecule has 1 aliphatic rings. The summed E-state index contributed by atoms with van der Waals surface area (Å²) in [7, 11) is 0. The molecule has 1 aliphatic carbocycles. The van der Waals surface area contributed by atoms with Gasteiger partial charge in [0.05, 0.1) is 11.5 Å². The van der Waals surface area contributed by atoms with Crippen LogP contribution in [0.25, 0.3) is 10.2 Å². The highest BCUT2D eigenvalue weighted by molar-refractivity contribution is 7.19. The van der Waals surface area contributed by atoms with Crippen LogP contribution < -0.4 is 5.32 Å². The van der Waals surface area contributed by atoms with Gasteiger partial charge in [0.25, 0.3) is 0 Å². The van der Waals surface area contributed by atoms with Gasteiger partial charge in [-0.25, -0.2) is 9.97 Å². The summed E-state index contributed by atoms with van der Waals surface area (Å²) in [5, 5.41) is 13.9. The number of hydrogen-bond donors (Lipinski definition) is 2. The van der Waals surface area contributed by atoms with Crippen LogP contribution in [0.2, 0.25) is 0 Å². The molecule has 0 radical (unpaired) electrons. The van der Waals surface area contributed by atoms with Crippen LogP contribution in [0.1, 0.15) is 37.1 Å². The van der Waals surface area contributed by atoms with E-state index in [1.807, 2.05) is 18.3 Å². The van der Waals surface area contributed by atoms with Crippen molar-refractivity contribution in [1.82, 2.24) is 9.97 Å². The van der Waals surface area contributed by atoms with Crippen LogP contribution in [0.15, 0.2) is 6.33 Å². The maximum atomic E-state index is 9.35. The third-order valence-corrected chi connectivity index (χ3v) is 5.11. The van der Waals surface area contributed by atoms with Gasteiger partial charge in [-0.1, -0.05) is 6.92 Å². The fourth-order valence-electron chi connectivity index (χ4n) is 2.81. The van der Waals surface area contributed by atoms with Gasteiger partial charge in [0.1, 0.15) is 17.0 Å². The van der Waals surface area contributed by atoms with Crippen LogP contribution in [0.5, 0.6) is 0 Å². The molecular formula is C15H21N3OS. The number of hydrogen-bond acceptors (Lipinski definition) is 5. The molecular weight excluding hydrogens is 270 g/mol. The third kappa shape index (κ3) is 2.65. The Morgan fingerprint density at radius 2 is 2.35 bits per heavy atom. The van der Waals surface area contributed by atoms with Gasteiger partial charge < -0.3 is 10.4 Å². The van der Waals surface area contributed by atoms with E-state index < -0.39 is 0 Å². The lowest BCUT2D eigenvalue weighted by Crippen LogP contribution is -2.12. The molecule has 0 bridgehead atoms.